The van der Waals surface area contributed by atoms with Crippen molar-refractivity contribution in [3.05, 3.63) is 113 Å². The van der Waals surface area contributed by atoms with Crippen molar-refractivity contribution in [1.82, 2.24) is 9.88 Å². The van der Waals surface area contributed by atoms with E-state index in [2.05, 4.69) is 24.3 Å². The highest BCUT2D eigenvalue weighted by atomic mass is 16.4. The predicted molar refractivity (Wildman–Crippen MR) is 125 cm³/mol. The minimum Gasteiger partial charge on any atom is -0.454 e. The number of aromatic nitrogens is 1. The van der Waals surface area contributed by atoms with Crippen LogP contribution in [0.4, 0.5) is 0 Å². The number of amides is 1. The van der Waals surface area contributed by atoms with Gasteiger partial charge in [-0.3, -0.25) is 4.79 Å². The number of furan rings is 1. The second-order valence-corrected chi connectivity index (χ2v) is 8.65. The smallest absolute Gasteiger partial charge is 0.290 e. The van der Waals surface area contributed by atoms with E-state index < -0.39 is 0 Å². The highest BCUT2D eigenvalue weighted by Gasteiger charge is 2.40. The van der Waals surface area contributed by atoms with Gasteiger partial charge in [0.2, 0.25) is 5.89 Å². The number of oxazole rings is 1. The summed E-state index contributed by atoms with van der Waals surface area (Å²) in [4.78, 5) is 20.0. The molecule has 0 radical (unpaired) electrons. The lowest BCUT2D eigenvalue weighted by Gasteiger charge is -2.21. The molecule has 2 aromatic carbocycles. The monoisotopic (exact) mass is 441 g/mol. The summed E-state index contributed by atoms with van der Waals surface area (Å²) >= 11 is 0. The van der Waals surface area contributed by atoms with Gasteiger partial charge in [0.25, 0.3) is 5.91 Å². The fraction of sp³-hybridized carbons (Fsp3) is 0.259. The van der Waals surface area contributed by atoms with Gasteiger partial charge in [0.15, 0.2) is 5.76 Å². The molecule has 1 aliphatic rings. The van der Waals surface area contributed by atoms with Gasteiger partial charge in [-0.1, -0.05) is 60.7 Å². The Labute approximate surface area is 193 Å². The quantitative estimate of drug-likeness (QED) is 0.442. The Morgan fingerprint density at radius 3 is 2.52 bits per heavy atom. The molecule has 4 aromatic rings. The zero-order valence-corrected chi connectivity index (χ0v) is 18.6. The van der Waals surface area contributed by atoms with Gasteiger partial charge in [0.05, 0.1) is 11.7 Å². The van der Waals surface area contributed by atoms with Gasteiger partial charge in [0, 0.05) is 18.9 Å². The van der Waals surface area contributed by atoms with Crippen molar-refractivity contribution in [2.75, 3.05) is 6.54 Å². The normalized spacial score (nSPS) is 19.0. The summed E-state index contributed by atoms with van der Waals surface area (Å²) < 4.78 is 11.7. The molecule has 2 aromatic heterocycles. The number of likely N-dealkylation sites (tertiary alicyclic amines) is 1. The number of carbonyl (C=O) groups excluding carboxylic acids is 1. The van der Waals surface area contributed by atoms with Crippen LogP contribution in [0.3, 0.4) is 0 Å². The third kappa shape index (κ3) is 4.47. The molecule has 3 heterocycles. The Balaban J connectivity index is 1.43. The fourth-order valence-electron chi connectivity index (χ4n) is 4.48. The van der Waals surface area contributed by atoms with E-state index in [9.17, 15) is 4.79 Å². The highest BCUT2D eigenvalue weighted by Crippen LogP contribution is 2.41. The maximum absolute atomic E-state index is 13.5. The highest BCUT2D eigenvalue weighted by molar-refractivity contribution is 5.92. The van der Waals surface area contributed by atoms with Crippen LogP contribution in [-0.4, -0.2) is 22.3 Å². The topological polar surface area (TPSA) is 85.5 Å². The molecule has 2 N–H and O–H groups in total. The third-order valence-corrected chi connectivity index (χ3v) is 6.20. The number of hydrogen-bond acceptors (Lipinski definition) is 5. The van der Waals surface area contributed by atoms with Crippen LogP contribution in [0.2, 0.25) is 0 Å². The Bertz CT molecular complexity index is 1210. The van der Waals surface area contributed by atoms with Crippen molar-refractivity contribution in [1.29, 1.82) is 0 Å². The SMILES string of the molecule is CC(N)c1ccc(C(=O)N2CC(c3ccccc3)CC2c2nc(Cc3ccccc3)co2)o1. The Kier molecular flexibility index (Phi) is 5.84. The van der Waals surface area contributed by atoms with Crippen LogP contribution in [0.25, 0.3) is 0 Å². The molecule has 33 heavy (non-hydrogen) atoms. The molecule has 6 heteroatoms. The Morgan fingerprint density at radius 2 is 1.82 bits per heavy atom. The van der Waals surface area contributed by atoms with Crippen molar-refractivity contribution in [3.63, 3.8) is 0 Å². The van der Waals surface area contributed by atoms with Gasteiger partial charge in [-0.05, 0) is 36.6 Å². The fourth-order valence-corrected chi connectivity index (χ4v) is 4.48. The van der Waals surface area contributed by atoms with E-state index in [0.717, 1.165) is 17.7 Å². The maximum atomic E-state index is 13.5. The van der Waals surface area contributed by atoms with Gasteiger partial charge >= 0.3 is 0 Å². The van der Waals surface area contributed by atoms with Crippen molar-refractivity contribution in [3.8, 4) is 0 Å². The number of nitrogens with zero attached hydrogens (tertiary/aromatic N) is 2. The van der Waals surface area contributed by atoms with E-state index in [4.69, 9.17) is 19.6 Å². The summed E-state index contributed by atoms with van der Waals surface area (Å²) in [5.74, 6) is 1.46. The summed E-state index contributed by atoms with van der Waals surface area (Å²) in [7, 11) is 0. The predicted octanol–water partition coefficient (Wildman–Crippen LogP) is 5.25. The number of hydrogen-bond donors (Lipinski definition) is 1. The number of rotatable bonds is 6. The van der Waals surface area contributed by atoms with E-state index in [-0.39, 0.29) is 29.7 Å². The number of carbonyl (C=O) groups is 1. The summed E-state index contributed by atoms with van der Waals surface area (Å²) in [6.45, 7) is 2.40. The molecular formula is C27H27N3O3. The summed E-state index contributed by atoms with van der Waals surface area (Å²) in [6, 6.07) is 23.3. The van der Waals surface area contributed by atoms with Crippen LogP contribution in [-0.2, 0) is 6.42 Å². The lowest BCUT2D eigenvalue weighted by molar-refractivity contribution is 0.0679. The molecule has 0 bridgehead atoms. The molecule has 1 saturated heterocycles. The van der Waals surface area contributed by atoms with Gasteiger partial charge < -0.3 is 19.5 Å². The zero-order valence-electron chi connectivity index (χ0n) is 18.6. The van der Waals surface area contributed by atoms with Crippen LogP contribution in [0.1, 0.15) is 70.4 Å². The van der Waals surface area contributed by atoms with Crippen LogP contribution in [0, 0.1) is 0 Å². The van der Waals surface area contributed by atoms with Crippen molar-refractivity contribution in [2.24, 2.45) is 5.73 Å². The van der Waals surface area contributed by atoms with Crippen LogP contribution in [0.15, 0.2) is 87.9 Å². The third-order valence-electron chi connectivity index (χ3n) is 6.20. The van der Waals surface area contributed by atoms with Gasteiger partial charge in [-0.2, -0.15) is 0 Å². The van der Waals surface area contributed by atoms with Gasteiger partial charge in [-0.25, -0.2) is 4.98 Å². The second kappa shape index (κ2) is 9.08. The van der Waals surface area contributed by atoms with Crippen molar-refractivity contribution in [2.45, 2.75) is 37.8 Å². The number of nitrogens with two attached hydrogens (primary N) is 1. The lowest BCUT2D eigenvalue weighted by atomic mass is 9.96. The zero-order chi connectivity index (χ0) is 22.8. The first kappa shape index (κ1) is 21.2. The Morgan fingerprint density at radius 1 is 1.09 bits per heavy atom. The molecule has 168 valence electrons. The van der Waals surface area contributed by atoms with Crippen molar-refractivity contribution < 1.29 is 13.6 Å². The van der Waals surface area contributed by atoms with Crippen LogP contribution in [0.5, 0.6) is 0 Å². The average molecular weight is 442 g/mol. The Hall–Kier alpha value is -3.64. The first-order chi connectivity index (χ1) is 16.1. The van der Waals surface area contributed by atoms with Crippen molar-refractivity contribution >= 4 is 5.91 Å². The van der Waals surface area contributed by atoms with E-state index in [1.54, 1.807) is 18.4 Å². The molecule has 1 fully saturated rings. The molecule has 0 aliphatic carbocycles. The molecule has 3 unspecified atom stereocenters. The molecule has 5 rings (SSSR count). The van der Waals surface area contributed by atoms with E-state index in [1.165, 1.54) is 5.56 Å². The van der Waals surface area contributed by atoms with Gasteiger partial charge in [0.1, 0.15) is 18.1 Å². The number of benzene rings is 2. The summed E-state index contributed by atoms with van der Waals surface area (Å²) in [5, 5.41) is 0. The standard InChI is InChI=1S/C27H27N3O3/c1-18(28)24-12-13-25(33-24)27(31)30-16-21(20-10-6-3-7-11-20)15-23(30)26-29-22(17-32-26)14-19-8-4-2-5-9-19/h2-13,17-18,21,23H,14-16,28H2,1H3. The summed E-state index contributed by atoms with van der Waals surface area (Å²) in [5.41, 5.74) is 9.13. The molecule has 0 saturated carbocycles. The molecule has 3 atom stereocenters. The van der Waals surface area contributed by atoms with E-state index in [0.29, 0.717) is 24.6 Å². The second-order valence-electron chi connectivity index (χ2n) is 8.65. The van der Waals surface area contributed by atoms with Crippen LogP contribution < -0.4 is 5.73 Å². The largest absolute Gasteiger partial charge is 0.454 e. The minimum absolute atomic E-state index is 0.173. The molecule has 6 nitrogen and oxygen atoms in total. The first-order valence-corrected chi connectivity index (χ1v) is 11.3. The first-order valence-electron chi connectivity index (χ1n) is 11.3. The van der Waals surface area contributed by atoms with E-state index in [1.807, 2.05) is 48.2 Å². The lowest BCUT2D eigenvalue weighted by Crippen LogP contribution is -2.31. The van der Waals surface area contributed by atoms with Gasteiger partial charge in [-0.15, -0.1) is 0 Å². The maximum Gasteiger partial charge on any atom is 0.290 e. The van der Waals surface area contributed by atoms with E-state index >= 15 is 0 Å². The molecule has 0 spiro atoms. The summed E-state index contributed by atoms with van der Waals surface area (Å²) in [6.07, 6.45) is 3.12. The molecular weight excluding hydrogens is 414 g/mol. The average Bonchev–Trinajstić information content (AvgIpc) is 3.59. The van der Waals surface area contributed by atoms with Crippen LogP contribution >= 0.6 is 0 Å². The molecule has 1 aliphatic heterocycles. The minimum atomic E-state index is -0.273. The molecule has 1 amide bonds.